The highest BCUT2D eigenvalue weighted by Crippen LogP contribution is 2.34. The summed E-state index contributed by atoms with van der Waals surface area (Å²) in [6.45, 7) is 2.05. The Morgan fingerprint density at radius 3 is 2.38 bits per heavy atom. The summed E-state index contributed by atoms with van der Waals surface area (Å²) in [6, 6.07) is 21.2. The van der Waals surface area contributed by atoms with E-state index in [2.05, 4.69) is 5.32 Å². The summed E-state index contributed by atoms with van der Waals surface area (Å²) in [7, 11) is 3.16. The van der Waals surface area contributed by atoms with Gasteiger partial charge in [0, 0.05) is 22.7 Å². The summed E-state index contributed by atoms with van der Waals surface area (Å²) >= 11 is 0. The first kappa shape index (κ1) is 22.8. The van der Waals surface area contributed by atoms with Crippen LogP contribution in [-0.2, 0) is 4.74 Å². The van der Waals surface area contributed by atoms with Crippen LogP contribution in [0.3, 0.4) is 0 Å². The lowest BCUT2D eigenvalue weighted by molar-refractivity contribution is 0.0526. The number of hydrogen-bond donors (Lipinski definition) is 1. The molecule has 1 N–H and O–H groups in total. The van der Waals surface area contributed by atoms with Gasteiger partial charge in [-0.15, -0.1) is 0 Å². The molecule has 1 amide bonds. The van der Waals surface area contributed by atoms with Crippen molar-refractivity contribution in [3.05, 3.63) is 83.9 Å². The van der Waals surface area contributed by atoms with E-state index < -0.39 is 5.97 Å². The zero-order valence-corrected chi connectivity index (χ0v) is 19.1. The Balaban J connectivity index is 1.71. The average molecular weight is 456 g/mol. The van der Waals surface area contributed by atoms with Crippen molar-refractivity contribution in [1.29, 1.82) is 0 Å². The number of anilines is 1. The third-order valence-corrected chi connectivity index (χ3v) is 5.30. The van der Waals surface area contributed by atoms with Gasteiger partial charge in [0.15, 0.2) is 0 Å². The molecule has 0 aliphatic heterocycles. The predicted molar refractivity (Wildman–Crippen MR) is 131 cm³/mol. The number of rotatable bonds is 7. The molecule has 0 spiro atoms. The van der Waals surface area contributed by atoms with Crippen molar-refractivity contribution >= 4 is 28.5 Å². The molecule has 0 aliphatic rings. The van der Waals surface area contributed by atoms with Gasteiger partial charge in [-0.1, -0.05) is 18.2 Å². The second kappa shape index (κ2) is 10.0. The molecule has 7 nitrogen and oxygen atoms in total. The first-order valence-corrected chi connectivity index (χ1v) is 10.7. The summed E-state index contributed by atoms with van der Waals surface area (Å²) in [6.07, 6.45) is 0. The van der Waals surface area contributed by atoms with Crippen LogP contribution >= 0.6 is 0 Å². The lowest BCUT2D eigenvalue weighted by Crippen LogP contribution is -2.13. The number of fused-ring (bicyclic) bond motifs is 1. The Morgan fingerprint density at radius 1 is 0.912 bits per heavy atom. The van der Waals surface area contributed by atoms with Gasteiger partial charge in [0.05, 0.1) is 43.2 Å². The molecule has 172 valence electrons. The molecular formula is C27H24N2O5. The largest absolute Gasteiger partial charge is 0.497 e. The topological polar surface area (TPSA) is 86.8 Å². The molecule has 34 heavy (non-hydrogen) atoms. The van der Waals surface area contributed by atoms with Gasteiger partial charge in [0.1, 0.15) is 11.5 Å². The van der Waals surface area contributed by atoms with Crippen LogP contribution < -0.4 is 14.8 Å². The quantitative estimate of drug-likeness (QED) is 0.377. The number of carbonyl (C=O) groups is 2. The van der Waals surface area contributed by atoms with Gasteiger partial charge in [-0.2, -0.15) is 0 Å². The molecule has 0 bridgehead atoms. The van der Waals surface area contributed by atoms with Crippen molar-refractivity contribution in [1.82, 2.24) is 4.98 Å². The molecule has 0 fully saturated rings. The number of amides is 1. The van der Waals surface area contributed by atoms with E-state index in [0.717, 1.165) is 10.9 Å². The molecule has 1 aromatic heterocycles. The fourth-order valence-electron chi connectivity index (χ4n) is 3.61. The Labute approximate surface area is 197 Å². The van der Waals surface area contributed by atoms with Crippen molar-refractivity contribution in [2.24, 2.45) is 0 Å². The fraction of sp³-hybridized carbons (Fsp3) is 0.148. The number of nitrogens with one attached hydrogen (secondary N) is 1. The third kappa shape index (κ3) is 4.68. The van der Waals surface area contributed by atoms with Crippen LogP contribution in [0.1, 0.15) is 27.6 Å². The molecule has 3 aromatic carbocycles. The Bertz CT molecular complexity index is 1350. The molecule has 0 saturated heterocycles. The molecular weight excluding hydrogens is 432 g/mol. The van der Waals surface area contributed by atoms with Crippen LogP contribution in [0, 0.1) is 0 Å². The summed E-state index contributed by atoms with van der Waals surface area (Å²) in [5, 5.41) is 3.63. The Kier molecular flexibility index (Phi) is 6.73. The van der Waals surface area contributed by atoms with Gasteiger partial charge in [-0.25, -0.2) is 9.78 Å². The number of aromatic nitrogens is 1. The van der Waals surface area contributed by atoms with Crippen LogP contribution in [0.5, 0.6) is 11.5 Å². The van der Waals surface area contributed by atoms with Crippen molar-refractivity contribution in [2.75, 3.05) is 26.1 Å². The number of hydrogen-bond acceptors (Lipinski definition) is 6. The Morgan fingerprint density at radius 2 is 1.68 bits per heavy atom. The fourth-order valence-corrected chi connectivity index (χ4v) is 3.61. The van der Waals surface area contributed by atoms with Crippen LogP contribution in [0.15, 0.2) is 72.8 Å². The number of ether oxygens (including phenoxy) is 3. The maximum atomic E-state index is 13.3. The monoisotopic (exact) mass is 456 g/mol. The molecule has 0 saturated carbocycles. The molecule has 7 heteroatoms. The van der Waals surface area contributed by atoms with Gasteiger partial charge < -0.3 is 19.5 Å². The highest BCUT2D eigenvalue weighted by atomic mass is 16.5. The number of para-hydroxylation sites is 1. The zero-order valence-electron chi connectivity index (χ0n) is 19.1. The van der Waals surface area contributed by atoms with Crippen molar-refractivity contribution in [3.8, 4) is 22.8 Å². The zero-order chi connectivity index (χ0) is 24.1. The highest BCUT2D eigenvalue weighted by molar-refractivity contribution is 6.13. The van der Waals surface area contributed by atoms with Crippen LogP contribution in [0.4, 0.5) is 5.69 Å². The third-order valence-electron chi connectivity index (χ3n) is 5.30. The lowest BCUT2D eigenvalue weighted by Gasteiger charge is -2.13. The lowest BCUT2D eigenvalue weighted by atomic mass is 10.0. The van der Waals surface area contributed by atoms with E-state index in [0.29, 0.717) is 46.1 Å². The van der Waals surface area contributed by atoms with Crippen molar-refractivity contribution in [2.45, 2.75) is 6.92 Å². The van der Waals surface area contributed by atoms with E-state index in [1.165, 1.54) is 0 Å². The minimum absolute atomic E-state index is 0.295. The molecule has 0 unspecified atom stereocenters. The van der Waals surface area contributed by atoms with Gasteiger partial charge in [0.25, 0.3) is 5.91 Å². The highest BCUT2D eigenvalue weighted by Gasteiger charge is 2.17. The smallest absolute Gasteiger partial charge is 0.338 e. The standard InChI is InChI=1S/C27H24N2O5/c1-4-34-27(31)17-9-11-18(12-10-17)28-26(30)22-16-24(29-23-8-6-5-7-20(22)23)21-14-13-19(32-2)15-25(21)33-3/h5-16H,4H2,1-3H3,(H,28,30). The van der Waals surface area contributed by atoms with Crippen LogP contribution in [-0.4, -0.2) is 37.7 Å². The number of methoxy groups -OCH3 is 2. The second-order valence-corrected chi connectivity index (χ2v) is 7.39. The first-order valence-electron chi connectivity index (χ1n) is 10.7. The van der Waals surface area contributed by atoms with Gasteiger partial charge in [0.2, 0.25) is 0 Å². The molecule has 0 aliphatic carbocycles. The van der Waals surface area contributed by atoms with E-state index in [1.54, 1.807) is 57.5 Å². The number of benzene rings is 3. The number of carbonyl (C=O) groups excluding carboxylic acids is 2. The normalized spacial score (nSPS) is 10.6. The molecule has 4 aromatic rings. The molecule has 0 atom stereocenters. The summed E-state index contributed by atoms with van der Waals surface area (Å²) in [4.78, 5) is 29.9. The molecule has 0 radical (unpaired) electrons. The Hall–Kier alpha value is -4.39. The number of nitrogens with zero attached hydrogens (tertiary/aromatic N) is 1. The first-order chi connectivity index (χ1) is 16.5. The molecule has 4 rings (SSSR count). The minimum Gasteiger partial charge on any atom is -0.497 e. The maximum absolute atomic E-state index is 13.3. The van der Waals surface area contributed by atoms with Crippen LogP contribution in [0.25, 0.3) is 22.2 Å². The van der Waals surface area contributed by atoms with Gasteiger partial charge in [-0.05, 0) is 55.5 Å². The van der Waals surface area contributed by atoms with E-state index in [-0.39, 0.29) is 5.91 Å². The van der Waals surface area contributed by atoms with Gasteiger partial charge in [-0.3, -0.25) is 4.79 Å². The predicted octanol–water partition coefficient (Wildman–Crippen LogP) is 5.35. The second-order valence-electron chi connectivity index (χ2n) is 7.39. The van der Waals surface area contributed by atoms with Crippen molar-refractivity contribution < 1.29 is 23.8 Å². The maximum Gasteiger partial charge on any atom is 0.338 e. The summed E-state index contributed by atoms with van der Waals surface area (Å²) < 4.78 is 15.8. The van der Waals surface area contributed by atoms with E-state index in [9.17, 15) is 9.59 Å². The van der Waals surface area contributed by atoms with E-state index >= 15 is 0 Å². The SMILES string of the molecule is CCOC(=O)c1ccc(NC(=O)c2cc(-c3ccc(OC)cc3OC)nc3ccccc23)cc1. The average Bonchev–Trinajstić information content (AvgIpc) is 2.88. The summed E-state index contributed by atoms with van der Waals surface area (Å²) in [5.41, 5.74) is 3.46. The number of esters is 1. The van der Waals surface area contributed by atoms with Gasteiger partial charge >= 0.3 is 5.97 Å². The van der Waals surface area contributed by atoms with Crippen LogP contribution in [0.2, 0.25) is 0 Å². The summed E-state index contributed by atoms with van der Waals surface area (Å²) in [5.74, 6) is 0.545. The molecule has 1 heterocycles. The van der Waals surface area contributed by atoms with Crippen molar-refractivity contribution in [3.63, 3.8) is 0 Å². The van der Waals surface area contributed by atoms with E-state index in [1.807, 2.05) is 36.4 Å². The minimum atomic E-state index is -0.404. The van der Waals surface area contributed by atoms with E-state index in [4.69, 9.17) is 19.2 Å². The number of pyridine rings is 1.